The van der Waals surface area contributed by atoms with Crippen LogP contribution in [0.4, 0.5) is 13.2 Å². The van der Waals surface area contributed by atoms with Crippen LogP contribution in [0.3, 0.4) is 0 Å². The van der Waals surface area contributed by atoms with E-state index in [1.165, 1.54) is 6.92 Å². The minimum absolute atomic E-state index is 0.141. The maximum atomic E-state index is 13.5. The SMILES string of the molecule is C=C(OCc1ccc(C(=N/C(=C\C)C(F)(F)F)C(C)CC)c(C)c1)\C(C)=C/N=C(CCC)/C(C(=C)C1CC1)=C(\C)N=CCCC. The molecule has 0 radical (unpaired) electrons. The molecule has 0 bridgehead atoms. The van der Waals surface area contributed by atoms with E-state index in [1.807, 2.05) is 59.0 Å². The summed E-state index contributed by atoms with van der Waals surface area (Å²) in [5.41, 5.74) is 6.90. The van der Waals surface area contributed by atoms with Crippen molar-refractivity contribution in [3.05, 3.63) is 94.2 Å². The van der Waals surface area contributed by atoms with Crippen molar-refractivity contribution < 1.29 is 17.9 Å². The van der Waals surface area contributed by atoms with Gasteiger partial charge in [-0.05, 0) is 93.9 Å². The van der Waals surface area contributed by atoms with Gasteiger partial charge in [0.25, 0.3) is 0 Å². The molecule has 1 aromatic carbocycles. The molecule has 0 spiro atoms. The highest BCUT2D eigenvalue weighted by Gasteiger charge is 2.34. The zero-order valence-corrected chi connectivity index (χ0v) is 28.6. The van der Waals surface area contributed by atoms with Crippen molar-refractivity contribution >= 4 is 17.6 Å². The molecule has 1 saturated carbocycles. The van der Waals surface area contributed by atoms with Crippen LogP contribution in [0.5, 0.6) is 0 Å². The third-order valence-electron chi connectivity index (χ3n) is 7.95. The van der Waals surface area contributed by atoms with E-state index < -0.39 is 11.9 Å². The number of ether oxygens (including phenoxy) is 1. The molecule has 0 saturated heterocycles. The third-order valence-corrected chi connectivity index (χ3v) is 7.95. The van der Waals surface area contributed by atoms with Crippen LogP contribution < -0.4 is 0 Å². The summed E-state index contributed by atoms with van der Waals surface area (Å²) in [6.07, 6.45) is 7.01. The van der Waals surface area contributed by atoms with Crippen molar-refractivity contribution in [1.29, 1.82) is 0 Å². The molecule has 7 heteroatoms. The summed E-state index contributed by atoms with van der Waals surface area (Å²) in [7, 11) is 0. The quantitative estimate of drug-likeness (QED) is 0.0967. The number of unbranched alkanes of at least 4 members (excludes halogenated alkanes) is 1. The summed E-state index contributed by atoms with van der Waals surface area (Å²) < 4.78 is 46.5. The molecule has 1 aliphatic carbocycles. The second-order valence-corrected chi connectivity index (χ2v) is 11.8. The summed E-state index contributed by atoms with van der Waals surface area (Å²) in [6, 6.07) is 5.64. The van der Waals surface area contributed by atoms with E-state index in [0.717, 1.165) is 83.9 Å². The number of alkyl halides is 3. The number of aryl methyl sites for hydroxylation is 1. The first-order chi connectivity index (χ1) is 21.3. The summed E-state index contributed by atoms with van der Waals surface area (Å²) in [4.78, 5) is 13.7. The molecule has 0 N–H and O–H groups in total. The molecule has 0 aromatic heterocycles. The fourth-order valence-electron chi connectivity index (χ4n) is 4.83. The van der Waals surface area contributed by atoms with E-state index in [2.05, 4.69) is 32.0 Å². The molecule has 1 atom stereocenters. The number of hydrogen-bond donors (Lipinski definition) is 0. The molecule has 0 heterocycles. The number of benzene rings is 1. The maximum Gasteiger partial charge on any atom is 0.433 e. The van der Waals surface area contributed by atoms with Gasteiger partial charge in [-0.2, -0.15) is 13.2 Å². The first-order valence-corrected chi connectivity index (χ1v) is 16.2. The minimum atomic E-state index is -4.51. The molecule has 1 aliphatic rings. The van der Waals surface area contributed by atoms with E-state index in [9.17, 15) is 13.2 Å². The Morgan fingerprint density at radius 3 is 2.33 bits per heavy atom. The normalized spacial score (nSPS) is 16.6. The lowest BCUT2D eigenvalue weighted by Crippen LogP contribution is -2.18. The van der Waals surface area contributed by atoms with Gasteiger partial charge in [-0.3, -0.25) is 9.98 Å². The fraction of sp³-hybridized carbons (Fsp3) is 0.500. The van der Waals surface area contributed by atoms with Crippen molar-refractivity contribution in [2.24, 2.45) is 26.8 Å². The number of halogens is 3. The van der Waals surface area contributed by atoms with Crippen molar-refractivity contribution in [2.45, 2.75) is 113 Å². The van der Waals surface area contributed by atoms with E-state index in [-0.39, 0.29) is 12.5 Å². The highest BCUT2D eigenvalue weighted by molar-refractivity contribution is 6.05. The van der Waals surface area contributed by atoms with Gasteiger partial charge in [0.2, 0.25) is 0 Å². The Hall–Kier alpha value is -3.48. The summed E-state index contributed by atoms with van der Waals surface area (Å²) >= 11 is 0. The van der Waals surface area contributed by atoms with Crippen LogP contribution in [0.15, 0.2) is 92.5 Å². The van der Waals surface area contributed by atoms with Gasteiger partial charge in [0.05, 0.1) is 5.71 Å². The highest BCUT2D eigenvalue weighted by atomic mass is 19.4. The van der Waals surface area contributed by atoms with Gasteiger partial charge in [0.15, 0.2) is 0 Å². The lowest BCUT2D eigenvalue weighted by Gasteiger charge is -2.18. The lowest BCUT2D eigenvalue weighted by atomic mass is 9.92. The molecule has 1 aromatic rings. The number of allylic oxidation sites excluding steroid dienone is 6. The van der Waals surface area contributed by atoms with Crippen LogP contribution in [0.1, 0.15) is 110 Å². The number of rotatable bonds is 17. The lowest BCUT2D eigenvalue weighted by molar-refractivity contribution is -0.0924. The predicted molar refractivity (Wildman–Crippen MR) is 185 cm³/mol. The van der Waals surface area contributed by atoms with Gasteiger partial charge < -0.3 is 4.74 Å². The molecule has 4 nitrogen and oxygen atoms in total. The topological polar surface area (TPSA) is 46.3 Å². The van der Waals surface area contributed by atoms with E-state index in [0.29, 0.717) is 29.4 Å². The molecule has 2 rings (SSSR count). The summed E-state index contributed by atoms with van der Waals surface area (Å²) in [6.45, 7) is 24.1. The molecule has 246 valence electrons. The van der Waals surface area contributed by atoms with Crippen molar-refractivity contribution in [3.8, 4) is 0 Å². The van der Waals surface area contributed by atoms with Gasteiger partial charge in [-0.1, -0.05) is 78.0 Å². The van der Waals surface area contributed by atoms with Gasteiger partial charge in [-0.25, -0.2) is 4.99 Å². The first-order valence-electron chi connectivity index (χ1n) is 16.2. The number of hydrogen-bond acceptors (Lipinski definition) is 4. The van der Waals surface area contributed by atoms with Gasteiger partial charge in [0.1, 0.15) is 18.1 Å². The molecule has 1 unspecified atom stereocenters. The molecular weight excluding hydrogens is 571 g/mol. The Bertz CT molecular complexity index is 1390. The molecule has 0 amide bonds. The van der Waals surface area contributed by atoms with Crippen molar-refractivity contribution in [2.75, 3.05) is 0 Å². The molecular formula is C38H52F3N3O. The van der Waals surface area contributed by atoms with Crippen LogP contribution >= 0.6 is 0 Å². The zero-order chi connectivity index (χ0) is 33.7. The largest absolute Gasteiger partial charge is 0.489 e. The van der Waals surface area contributed by atoms with Gasteiger partial charge >= 0.3 is 6.18 Å². The monoisotopic (exact) mass is 623 g/mol. The third kappa shape index (κ3) is 11.4. The summed E-state index contributed by atoms with van der Waals surface area (Å²) in [5, 5.41) is 0. The van der Waals surface area contributed by atoms with Crippen molar-refractivity contribution in [3.63, 3.8) is 0 Å². The average Bonchev–Trinajstić information content (AvgIpc) is 3.84. The highest BCUT2D eigenvalue weighted by Crippen LogP contribution is 2.41. The minimum Gasteiger partial charge on any atom is -0.489 e. The molecule has 0 aliphatic heterocycles. The van der Waals surface area contributed by atoms with Gasteiger partial charge in [-0.15, -0.1) is 0 Å². The van der Waals surface area contributed by atoms with Crippen LogP contribution in [0, 0.1) is 18.8 Å². The standard InChI is InChI=1S/C38H52F3N3O/c1-11-15-21-42-29(9)36(28(8)32-18-19-32)34(16-12-2)43-23-27(7)30(10)45-24-31-17-20-33(26(6)22-31)37(25(5)13-3)44-35(14-4)38(39,40)41/h14,17,20-23,25,32H,8,10-13,15-16,18-19,24H2,1-7,9H3/b27-23-,35-14-,36-29+,42-21?,43-34+,44-37?. The van der Waals surface area contributed by atoms with Gasteiger partial charge in [0, 0.05) is 35.0 Å². The Morgan fingerprint density at radius 1 is 1.11 bits per heavy atom. The fourth-order valence-corrected chi connectivity index (χ4v) is 4.83. The summed E-state index contributed by atoms with van der Waals surface area (Å²) in [5.74, 6) is 0.863. The Balaban J connectivity index is 2.28. The Labute approximate surface area is 269 Å². The second kappa shape index (κ2) is 17.9. The number of aliphatic imine (C=N–C) groups is 3. The van der Waals surface area contributed by atoms with E-state index >= 15 is 0 Å². The van der Waals surface area contributed by atoms with E-state index in [4.69, 9.17) is 14.7 Å². The van der Waals surface area contributed by atoms with Crippen LogP contribution in [-0.2, 0) is 11.3 Å². The van der Waals surface area contributed by atoms with Crippen molar-refractivity contribution in [1.82, 2.24) is 0 Å². The molecule has 1 fully saturated rings. The predicted octanol–water partition coefficient (Wildman–Crippen LogP) is 11.6. The number of nitrogens with zero attached hydrogens (tertiary/aromatic N) is 3. The first kappa shape index (κ1) is 37.7. The van der Waals surface area contributed by atoms with Crippen LogP contribution in [-0.4, -0.2) is 23.8 Å². The van der Waals surface area contributed by atoms with Crippen LogP contribution in [0.25, 0.3) is 0 Å². The van der Waals surface area contributed by atoms with E-state index in [1.54, 1.807) is 6.20 Å². The smallest absolute Gasteiger partial charge is 0.433 e. The maximum absolute atomic E-state index is 13.5. The Morgan fingerprint density at radius 2 is 1.80 bits per heavy atom. The zero-order valence-electron chi connectivity index (χ0n) is 28.6. The van der Waals surface area contributed by atoms with Crippen LogP contribution in [0.2, 0.25) is 0 Å². The molecule has 45 heavy (non-hydrogen) atoms. The Kier molecular flexibility index (Phi) is 15.0. The average molecular weight is 624 g/mol. The second-order valence-electron chi connectivity index (χ2n) is 11.8.